The normalized spacial score (nSPS) is 24.2. The van der Waals surface area contributed by atoms with E-state index in [-0.39, 0.29) is 11.9 Å². The van der Waals surface area contributed by atoms with E-state index in [0.717, 1.165) is 10.7 Å². The van der Waals surface area contributed by atoms with Crippen molar-refractivity contribution in [2.45, 2.75) is 51.5 Å². The van der Waals surface area contributed by atoms with E-state index in [1.165, 1.54) is 0 Å². The maximum absolute atomic E-state index is 13.7. The van der Waals surface area contributed by atoms with E-state index >= 15 is 0 Å². The van der Waals surface area contributed by atoms with Crippen molar-refractivity contribution in [3.63, 3.8) is 0 Å². The number of nitrogens with one attached hydrogen (secondary N) is 1. The number of carbonyl (C=O) groups excluding carboxylic acids is 1. The van der Waals surface area contributed by atoms with Gasteiger partial charge >= 0.3 is 0 Å². The number of nitrogens with two attached hydrogens (primary N) is 1. The minimum atomic E-state index is -0.841. The van der Waals surface area contributed by atoms with Crippen molar-refractivity contribution in [1.29, 1.82) is 0 Å². The van der Waals surface area contributed by atoms with Crippen LogP contribution in [0, 0.1) is 6.92 Å². The Labute approximate surface area is 128 Å². The van der Waals surface area contributed by atoms with Crippen molar-refractivity contribution < 1.29 is 9.18 Å². The van der Waals surface area contributed by atoms with Gasteiger partial charge in [-0.05, 0) is 19.8 Å². The molecule has 21 heavy (non-hydrogen) atoms. The molecule has 1 fully saturated rings. The second-order valence-electron chi connectivity index (χ2n) is 5.53. The van der Waals surface area contributed by atoms with Gasteiger partial charge in [-0.2, -0.15) is 0 Å². The monoisotopic (exact) mass is 314 g/mol. The van der Waals surface area contributed by atoms with E-state index in [9.17, 15) is 9.18 Å². The predicted octanol–water partition coefficient (Wildman–Crippen LogP) is 1.22. The van der Waals surface area contributed by atoms with Crippen LogP contribution in [-0.2, 0) is 11.3 Å². The van der Waals surface area contributed by atoms with Gasteiger partial charge in [0.25, 0.3) is 0 Å². The van der Waals surface area contributed by atoms with E-state index in [4.69, 9.17) is 5.73 Å². The third kappa shape index (κ3) is 4.46. The molecule has 1 aromatic rings. The number of hydrogen-bond donors (Lipinski definition) is 2. The Morgan fingerprint density at radius 1 is 1.71 bits per heavy atom. The van der Waals surface area contributed by atoms with Crippen LogP contribution >= 0.6 is 11.3 Å². The van der Waals surface area contributed by atoms with Crippen molar-refractivity contribution >= 4 is 17.2 Å². The topological polar surface area (TPSA) is 71.2 Å². The molecule has 118 valence electrons. The zero-order valence-electron chi connectivity index (χ0n) is 12.5. The van der Waals surface area contributed by atoms with Gasteiger partial charge in [-0.25, -0.2) is 9.37 Å². The second-order valence-corrected chi connectivity index (χ2v) is 6.60. The molecular formula is C14H23FN4OS. The highest BCUT2D eigenvalue weighted by Gasteiger charge is 2.32. The first-order valence-corrected chi connectivity index (χ1v) is 8.20. The minimum Gasteiger partial charge on any atom is -0.353 e. The molecule has 1 aliphatic heterocycles. The fourth-order valence-corrected chi connectivity index (χ4v) is 3.16. The highest BCUT2D eigenvalue weighted by atomic mass is 32.1. The third-order valence-corrected chi connectivity index (χ3v) is 4.62. The highest BCUT2D eigenvalue weighted by molar-refractivity contribution is 7.09. The smallest absolute Gasteiger partial charge is 0.236 e. The lowest BCUT2D eigenvalue weighted by molar-refractivity contribution is -0.122. The minimum absolute atomic E-state index is 0.00927. The van der Waals surface area contributed by atoms with Crippen molar-refractivity contribution in [3.05, 3.63) is 16.1 Å². The molecule has 0 aromatic carbocycles. The van der Waals surface area contributed by atoms with Gasteiger partial charge in [-0.15, -0.1) is 11.3 Å². The van der Waals surface area contributed by atoms with E-state index in [1.54, 1.807) is 11.3 Å². The van der Waals surface area contributed by atoms with Crippen molar-refractivity contribution in [2.75, 3.05) is 13.1 Å². The first kappa shape index (κ1) is 16.3. The van der Waals surface area contributed by atoms with E-state index in [0.29, 0.717) is 32.5 Å². The fraction of sp³-hybridized carbons (Fsp3) is 0.714. The zero-order chi connectivity index (χ0) is 15.4. The number of thiazole rings is 1. The van der Waals surface area contributed by atoms with Gasteiger partial charge in [0, 0.05) is 31.1 Å². The summed E-state index contributed by atoms with van der Waals surface area (Å²) in [5.74, 6) is -0.163. The van der Waals surface area contributed by atoms with Gasteiger partial charge in [-0.3, -0.25) is 9.69 Å². The van der Waals surface area contributed by atoms with Gasteiger partial charge in [0.05, 0.1) is 16.7 Å². The van der Waals surface area contributed by atoms with Crippen molar-refractivity contribution in [3.8, 4) is 0 Å². The molecule has 1 saturated heterocycles. The largest absolute Gasteiger partial charge is 0.353 e. The van der Waals surface area contributed by atoms with Crippen LogP contribution in [0.5, 0.6) is 0 Å². The lowest BCUT2D eigenvalue weighted by Crippen LogP contribution is -2.45. The number of nitrogens with zero attached hydrogens (tertiary/aromatic N) is 2. The molecule has 2 heterocycles. The number of hydrogen-bond acceptors (Lipinski definition) is 5. The lowest BCUT2D eigenvalue weighted by atomic mass is 10.2. The number of alkyl halides is 1. The molecule has 0 aliphatic carbocycles. The summed E-state index contributed by atoms with van der Waals surface area (Å²) in [5, 5.41) is 5.84. The maximum Gasteiger partial charge on any atom is 0.236 e. The average Bonchev–Trinajstić information content (AvgIpc) is 3.01. The lowest BCUT2D eigenvalue weighted by Gasteiger charge is -2.24. The standard InChI is InChI=1S/C14H23FN4OS/c1-3-13(16)14(20)17-5-12-4-10(15)6-19(12)7-11-8-21-9(2)18-11/h8,10,12-13H,3-7,16H2,1-2H3,(H,17,20)/t10-,12-,13-/m0/s1. The van der Waals surface area contributed by atoms with E-state index < -0.39 is 12.2 Å². The Morgan fingerprint density at radius 3 is 3.10 bits per heavy atom. The SMILES string of the molecule is CC[C@H](N)C(=O)NC[C@@H]1C[C@H](F)CN1Cc1csc(C)n1. The zero-order valence-corrected chi connectivity index (χ0v) is 13.3. The van der Waals surface area contributed by atoms with Crippen molar-refractivity contribution in [2.24, 2.45) is 5.73 Å². The van der Waals surface area contributed by atoms with Crippen LogP contribution in [0.2, 0.25) is 0 Å². The van der Waals surface area contributed by atoms with Crippen LogP contribution in [0.4, 0.5) is 4.39 Å². The Hall–Kier alpha value is -1.05. The summed E-state index contributed by atoms with van der Waals surface area (Å²) in [6.45, 7) is 5.30. The van der Waals surface area contributed by atoms with Gasteiger partial charge < -0.3 is 11.1 Å². The molecule has 1 aromatic heterocycles. The highest BCUT2D eigenvalue weighted by Crippen LogP contribution is 2.22. The Kier molecular flexibility index (Phi) is 5.66. The summed E-state index contributed by atoms with van der Waals surface area (Å²) < 4.78 is 13.7. The summed E-state index contributed by atoms with van der Waals surface area (Å²) in [7, 11) is 0. The summed E-state index contributed by atoms with van der Waals surface area (Å²) >= 11 is 1.60. The van der Waals surface area contributed by atoms with Gasteiger partial charge in [0.2, 0.25) is 5.91 Å². The molecule has 0 unspecified atom stereocenters. The molecule has 7 heteroatoms. The van der Waals surface area contributed by atoms with Crippen LogP contribution in [0.1, 0.15) is 30.5 Å². The molecule has 3 atom stereocenters. The molecule has 2 rings (SSSR count). The Bertz CT molecular complexity index is 481. The molecule has 5 nitrogen and oxygen atoms in total. The summed E-state index contributed by atoms with van der Waals surface area (Å²) in [4.78, 5) is 18.2. The number of aryl methyl sites for hydroxylation is 1. The van der Waals surface area contributed by atoms with Crippen molar-refractivity contribution in [1.82, 2.24) is 15.2 Å². The molecular weight excluding hydrogens is 291 g/mol. The Morgan fingerprint density at radius 2 is 2.48 bits per heavy atom. The molecule has 1 amide bonds. The van der Waals surface area contributed by atoms with Crippen LogP contribution in [-0.4, -0.2) is 47.1 Å². The quantitative estimate of drug-likeness (QED) is 0.828. The van der Waals surface area contributed by atoms with Gasteiger partial charge in [-0.1, -0.05) is 6.92 Å². The summed E-state index contributed by atoms with van der Waals surface area (Å²) in [6.07, 6.45) is 0.209. The Balaban J connectivity index is 1.89. The van der Waals surface area contributed by atoms with E-state index in [2.05, 4.69) is 15.2 Å². The van der Waals surface area contributed by atoms with Gasteiger partial charge in [0.15, 0.2) is 0 Å². The number of likely N-dealkylation sites (tertiary alicyclic amines) is 1. The maximum atomic E-state index is 13.7. The predicted molar refractivity (Wildman–Crippen MR) is 81.8 cm³/mol. The molecule has 0 spiro atoms. The molecule has 1 aliphatic rings. The van der Waals surface area contributed by atoms with Gasteiger partial charge in [0.1, 0.15) is 6.17 Å². The molecule has 0 radical (unpaired) electrons. The number of halogens is 1. The first-order valence-electron chi connectivity index (χ1n) is 7.32. The molecule has 3 N–H and O–H groups in total. The number of amides is 1. The number of carbonyl (C=O) groups is 1. The number of rotatable bonds is 6. The van der Waals surface area contributed by atoms with Crippen LogP contribution in [0.25, 0.3) is 0 Å². The molecule has 0 bridgehead atoms. The second kappa shape index (κ2) is 7.29. The number of aromatic nitrogens is 1. The summed E-state index contributed by atoms with van der Waals surface area (Å²) in [5.41, 5.74) is 6.65. The first-order chi connectivity index (χ1) is 9.99. The van der Waals surface area contributed by atoms with E-state index in [1.807, 2.05) is 19.2 Å². The molecule has 0 saturated carbocycles. The summed E-state index contributed by atoms with van der Waals surface area (Å²) in [6, 6.07) is -0.475. The third-order valence-electron chi connectivity index (χ3n) is 3.80. The van der Waals surface area contributed by atoms with Crippen LogP contribution in [0.15, 0.2) is 5.38 Å². The van der Waals surface area contributed by atoms with Crippen LogP contribution in [0.3, 0.4) is 0 Å². The fourth-order valence-electron chi connectivity index (χ4n) is 2.55. The van der Waals surface area contributed by atoms with Crippen LogP contribution < -0.4 is 11.1 Å². The average molecular weight is 314 g/mol.